The van der Waals surface area contributed by atoms with E-state index in [4.69, 9.17) is 14.2 Å². The maximum absolute atomic E-state index is 12.8. The van der Waals surface area contributed by atoms with Gasteiger partial charge in [-0.2, -0.15) is 0 Å². The zero-order valence-electron chi connectivity index (χ0n) is 51.5. The summed E-state index contributed by atoms with van der Waals surface area (Å²) in [5.74, 6) is -0.922. The largest absolute Gasteiger partial charge is 0.462 e. The van der Waals surface area contributed by atoms with Crippen LogP contribution >= 0.6 is 0 Å². The Balaban J connectivity index is 4.16. The van der Waals surface area contributed by atoms with E-state index in [-0.39, 0.29) is 31.1 Å². The summed E-state index contributed by atoms with van der Waals surface area (Å²) in [5.41, 5.74) is 0. The van der Waals surface area contributed by atoms with Crippen LogP contribution < -0.4 is 0 Å². The summed E-state index contributed by atoms with van der Waals surface area (Å²) in [4.78, 5) is 38.0. The highest BCUT2D eigenvalue weighted by molar-refractivity contribution is 5.71. The molecule has 0 saturated carbocycles. The fourth-order valence-electron chi connectivity index (χ4n) is 8.48. The van der Waals surface area contributed by atoms with Crippen molar-refractivity contribution in [2.24, 2.45) is 0 Å². The van der Waals surface area contributed by atoms with E-state index in [0.29, 0.717) is 19.3 Å². The zero-order chi connectivity index (χ0) is 57.8. The molecule has 0 aromatic rings. The molecule has 6 heteroatoms. The van der Waals surface area contributed by atoms with E-state index in [1.54, 1.807) is 0 Å². The lowest BCUT2D eigenvalue weighted by Gasteiger charge is -2.18. The molecule has 0 amide bonds. The summed E-state index contributed by atoms with van der Waals surface area (Å²) in [6.45, 7) is 6.33. The quantitative estimate of drug-likeness (QED) is 0.0261. The van der Waals surface area contributed by atoms with Gasteiger partial charge in [-0.15, -0.1) is 0 Å². The number of esters is 3. The van der Waals surface area contributed by atoms with Crippen LogP contribution in [-0.4, -0.2) is 37.2 Å². The smallest absolute Gasteiger partial charge is 0.306 e. The van der Waals surface area contributed by atoms with E-state index in [2.05, 4.69) is 179 Å². The molecule has 80 heavy (non-hydrogen) atoms. The first-order valence-corrected chi connectivity index (χ1v) is 32.5. The van der Waals surface area contributed by atoms with Crippen molar-refractivity contribution in [1.29, 1.82) is 0 Å². The maximum Gasteiger partial charge on any atom is 0.306 e. The highest BCUT2D eigenvalue weighted by Gasteiger charge is 2.19. The van der Waals surface area contributed by atoms with Gasteiger partial charge < -0.3 is 14.2 Å². The minimum Gasteiger partial charge on any atom is -0.462 e. The van der Waals surface area contributed by atoms with Crippen LogP contribution in [0.1, 0.15) is 271 Å². The zero-order valence-corrected chi connectivity index (χ0v) is 51.5. The monoisotopic (exact) mass is 1100 g/mol. The van der Waals surface area contributed by atoms with E-state index in [0.717, 1.165) is 154 Å². The third-order valence-electron chi connectivity index (χ3n) is 13.3. The van der Waals surface area contributed by atoms with Crippen molar-refractivity contribution in [1.82, 2.24) is 0 Å². The molecule has 0 aliphatic rings. The highest BCUT2D eigenvalue weighted by atomic mass is 16.6. The first-order valence-electron chi connectivity index (χ1n) is 32.5. The molecule has 0 N–H and O–H groups in total. The minimum absolute atomic E-state index is 0.0900. The van der Waals surface area contributed by atoms with Gasteiger partial charge in [-0.05, 0) is 128 Å². The van der Waals surface area contributed by atoms with Crippen LogP contribution in [0.3, 0.4) is 0 Å². The van der Waals surface area contributed by atoms with Gasteiger partial charge in [0.1, 0.15) is 13.2 Å². The third kappa shape index (κ3) is 63.9. The molecule has 450 valence electrons. The molecule has 0 heterocycles. The molecule has 6 nitrogen and oxygen atoms in total. The van der Waals surface area contributed by atoms with E-state index >= 15 is 0 Å². The van der Waals surface area contributed by atoms with E-state index in [9.17, 15) is 14.4 Å². The van der Waals surface area contributed by atoms with Crippen molar-refractivity contribution in [3.05, 3.63) is 158 Å². The molecule has 0 aliphatic heterocycles. The van der Waals surface area contributed by atoms with Crippen LogP contribution in [-0.2, 0) is 28.6 Å². The van der Waals surface area contributed by atoms with Crippen LogP contribution in [0.15, 0.2) is 158 Å². The van der Waals surface area contributed by atoms with Gasteiger partial charge >= 0.3 is 17.9 Å². The molecule has 0 spiro atoms. The lowest BCUT2D eigenvalue weighted by Crippen LogP contribution is -2.30. The number of unbranched alkanes of at least 4 members (excludes halogenated alkanes) is 20. The predicted octanol–water partition coefficient (Wildman–Crippen LogP) is 22.5. The predicted molar refractivity (Wildman–Crippen MR) is 348 cm³/mol. The number of hydrogen-bond donors (Lipinski definition) is 0. The minimum atomic E-state index is -0.792. The van der Waals surface area contributed by atoms with Gasteiger partial charge in [0.05, 0.1) is 0 Å². The van der Waals surface area contributed by atoms with Crippen LogP contribution in [0.4, 0.5) is 0 Å². The second-order valence-electron chi connectivity index (χ2n) is 20.9. The lowest BCUT2D eigenvalue weighted by molar-refractivity contribution is -0.167. The van der Waals surface area contributed by atoms with Gasteiger partial charge in [-0.1, -0.05) is 281 Å². The average Bonchev–Trinajstić information content (AvgIpc) is 3.46. The van der Waals surface area contributed by atoms with Crippen LogP contribution in [0.2, 0.25) is 0 Å². The highest BCUT2D eigenvalue weighted by Crippen LogP contribution is 2.15. The van der Waals surface area contributed by atoms with Crippen LogP contribution in [0.25, 0.3) is 0 Å². The third-order valence-corrected chi connectivity index (χ3v) is 13.3. The standard InChI is InChI=1S/C74H118O6/c1-4-7-10-13-16-18-20-22-24-26-28-30-32-33-34-35-36-37-38-39-40-41-43-44-46-48-50-52-54-56-58-61-64-67-73(76)79-70-71(69-78-72(75)66-63-60-15-12-9-6-3)80-74(77)68-65-62-59-57-55-53-51-49-47-45-42-31-29-27-25-23-21-19-17-14-11-8-5-2/h7-8,10-11,16-19,22-25,28-31,33-34,36-37,39-40,43-45,47,71H,4-6,9,12-15,20-21,26-27,32,35,38,41-42,46,48-70H2,1-3H3/b10-7-,11-8-,18-16-,19-17-,24-22-,25-23-,30-28-,31-29-,34-33-,37-36-,40-39-,44-43-,47-45-. The number of carbonyl (C=O) groups is 3. The van der Waals surface area contributed by atoms with Gasteiger partial charge in [0, 0.05) is 19.3 Å². The van der Waals surface area contributed by atoms with E-state index in [1.807, 2.05) is 0 Å². The second kappa shape index (κ2) is 66.5. The molecule has 0 radical (unpaired) electrons. The first-order chi connectivity index (χ1) is 39.5. The number of rotatable bonds is 57. The first kappa shape index (κ1) is 75.0. The van der Waals surface area contributed by atoms with E-state index < -0.39 is 6.10 Å². The molecule has 1 atom stereocenters. The van der Waals surface area contributed by atoms with Crippen molar-refractivity contribution in [3.63, 3.8) is 0 Å². The number of ether oxygens (including phenoxy) is 3. The molecule has 1 unspecified atom stereocenters. The molecule has 0 fully saturated rings. The molecule has 0 aliphatic carbocycles. The Kier molecular flexibility index (Phi) is 62.4. The molecule has 0 bridgehead atoms. The molecular weight excluding hydrogens is 985 g/mol. The van der Waals surface area contributed by atoms with Gasteiger partial charge in [0.15, 0.2) is 6.10 Å². The Morgan fingerprint density at radius 3 is 0.762 bits per heavy atom. The second-order valence-corrected chi connectivity index (χ2v) is 20.9. The van der Waals surface area contributed by atoms with Gasteiger partial charge in [-0.25, -0.2) is 0 Å². The summed E-state index contributed by atoms with van der Waals surface area (Å²) in [6, 6.07) is 0. The Morgan fingerprint density at radius 2 is 0.487 bits per heavy atom. The van der Waals surface area contributed by atoms with Crippen LogP contribution in [0.5, 0.6) is 0 Å². The van der Waals surface area contributed by atoms with Crippen molar-refractivity contribution >= 4 is 17.9 Å². The fraction of sp³-hybridized carbons (Fsp3) is 0.608. The maximum atomic E-state index is 12.8. The summed E-state index contributed by atoms with van der Waals surface area (Å²) < 4.78 is 16.8. The Bertz CT molecular complexity index is 1790. The molecule has 0 saturated heterocycles. The molecular formula is C74H118O6. The summed E-state index contributed by atoms with van der Waals surface area (Å²) >= 11 is 0. The Hall–Kier alpha value is -4.97. The van der Waals surface area contributed by atoms with Gasteiger partial charge in [0.25, 0.3) is 0 Å². The Labute approximate surface area is 492 Å². The van der Waals surface area contributed by atoms with E-state index in [1.165, 1.54) is 77.0 Å². The lowest BCUT2D eigenvalue weighted by atomic mass is 10.1. The van der Waals surface area contributed by atoms with Crippen LogP contribution in [0, 0.1) is 0 Å². The van der Waals surface area contributed by atoms with Crippen molar-refractivity contribution < 1.29 is 28.6 Å². The number of hydrogen-bond acceptors (Lipinski definition) is 6. The number of allylic oxidation sites excluding steroid dienone is 26. The average molecular weight is 1100 g/mol. The van der Waals surface area contributed by atoms with Crippen molar-refractivity contribution in [3.8, 4) is 0 Å². The summed E-state index contributed by atoms with van der Waals surface area (Å²) in [6.07, 6.45) is 97.1. The Morgan fingerprint density at radius 1 is 0.263 bits per heavy atom. The summed E-state index contributed by atoms with van der Waals surface area (Å²) in [5, 5.41) is 0. The molecule has 0 aromatic heterocycles. The van der Waals surface area contributed by atoms with Crippen molar-refractivity contribution in [2.75, 3.05) is 13.2 Å². The topological polar surface area (TPSA) is 78.9 Å². The summed E-state index contributed by atoms with van der Waals surface area (Å²) in [7, 11) is 0. The number of carbonyl (C=O) groups excluding carboxylic acids is 3. The molecule has 0 aromatic carbocycles. The normalized spacial score (nSPS) is 13.2. The van der Waals surface area contributed by atoms with Crippen molar-refractivity contribution in [2.45, 2.75) is 277 Å². The fourth-order valence-corrected chi connectivity index (χ4v) is 8.48. The van der Waals surface area contributed by atoms with Gasteiger partial charge in [0.2, 0.25) is 0 Å². The molecule has 0 rings (SSSR count). The van der Waals surface area contributed by atoms with Gasteiger partial charge in [-0.3, -0.25) is 14.4 Å². The SMILES string of the molecule is CC/C=C\C/C=C\C/C=C\C/C=C\C/C=C\C/C=C\C/C=C\C/C=C\CCCCCCCCCCC(=O)OCC(COC(=O)CCCCCCCC)OC(=O)CCCCCCCCC/C=C\C/C=C\C/C=C\C/C=C\C/C=C\CC.